The third-order valence-electron chi connectivity index (χ3n) is 4.79. The highest BCUT2D eigenvalue weighted by Crippen LogP contribution is 2.40. The Bertz CT molecular complexity index is 585. The van der Waals surface area contributed by atoms with Crippen molar-refractivity contribution in [3.05, 3.63) is 48.0 Å². The van der Waals surface area contributed by atoms with Crippen LogP contribution in [0.2, 0.25) is 0 Å². The van der Waals surface area contributed by atoms with Crippen LogP contribution in [0.15, 0.2) is 42.5 Å². The third-order valence-corrected chi connectivity index (χ3v) is 4.79. The topological polar surface area (TPSA) is 32.3 Å². The van der Waals surface area contributed by atoms with Gasteiger partial charge in [0.05, 0.1) is 6.10 Å². The fourth-order valence-corrected chi connectivity index (χ4v) is 3.58. The van der Waals surface area contributed by atoms with E-state index in [1.54, 1.807) is 0 Å². The van der Waals surface area contributed by atoms with Crippen LogP contribution in [0.5, 0.6) is 0 Å². The summed E-state index contributed by atoms with van der Waals surface area (Å²) in [5.74, 6) is 0. The summed E-state index contributed by atoms with van der Waals surface area (Å²) < 4.78 is 0. The Labute approximate surface area is 120 Å². The van der Waals surface area contributed by atoms with E-state index in [0.29, 0.717) is 0 Å². The van der Waals surface area contributed by atoms with E-state index in [-0.39, 0.29) is 11.5 Å². The van der Waals surface area contributed by atoms with E-state index in [2.05, 4.69) is 47.8 Å². The number of nitrogens with one attached hydrogen (secondary N) is 1. The summed E-state index contributed by atoms with van der Waals surface area (Å²) in [5.41, 5.74) is 1.59. The molecule has 0 amide bonds. The Morgan fingerprint density at radius 3 is 2.50 bits per heavy atom. The van der Waals surface area contributed by atoms with Crippen LogP contribution in [0.4, 0.5) is 0 Å². The molecule has 2 nitrogen and oxygen atoms in total. The average Bonchev–Trinajstić information content (AvgIpc) is 2.49. The fourth-order valence-electron chi connectivity index (χ4n) is 3.58. The van der Waals surface area contributed by atoms with Crippen molar-refractivity contribution in [2.45, 2.75) is 37.2 Å². The highest BCUT2D eigenvalue weighted by atomic mass is 16.3. The monoisotopic (exact) mass is 269 g/mol. The van der Waals surface area contributed by atoms with Crippen LogP contribution < -0.4 is 5.32 Å². The van der Waals surface area contributed by atoms with Gasteiger partial charge in [0.1, 0.15) is 0 Å². The van der Waals surface area contributed by atoms with E-state index in [1.165, 1.54) is 16.3 Å². The summed E-state index contributed by atoms with van der Waals surface area (Å²) in [7, 11) is 2.02. The molecule has 0 spiro atoms. The number of aliphatic hydroxyl groups excluding tert-OH is 1. The molecule has 0 bridgehead atoms. The Morgan fingerprint density at radius 2 is 1.80 bits per heavy atom. The van der Waals surface area contributed by atoms with E-state index in [4.69, 9.17) is 0 Å². The molecule has 1 saturated carbocycles. The molecule has 3 rings (SSSR count). The Kier molecular flexibility index (Phi) is 3.77. The van der Waals surface area contributed by atoms with Gasteiger partial charge in [-0.3, -0.25) is 0 Å². The Hall–Kier alpha value is -1.38. The molecule has 2 heteroatoms. The standard InChI is InChI=1S/C18H23NO/c1-19-13-18(10-8-17(20)9-11-18)16-7-6-14-4-2-3-5-15(14)12-16/h2-7,12,17,19-20H,8-11,13H2,1H3. The van der Waals surface area contributed by atoms with Crippen molar-refractivity contribution in [1.29, 1.82) is 0 Å². The molecular weight excluding hydrogens is 246 g/mol. The number of aliphatic hydroxyl groups is 1. The van der Waals surface area contributed by atoms with E-state index in [1.807, 2.05) is 7.05 Å². The second kappa shape index (κ2) is 5.55. The number of rotatable bonds is 3. The molecule has 20 heavy (non-hydrogen) atoms. The third kappa shape index (κ3) is 2.46. The van der Waals surface area contributed by atoms with Gasteiger partial charge in [0.2, 0.25) is 0 Å². The number of hydrogen-bond acceptors (Lipinski definition) is 2. The molecule has 0 radical (unpaired) electrons. The van der Waals surface area contributed by atoms with Crippen LogP contribution in [-0.2, 0) is 5.41 Å². The summed E-state index contributed by atoms with van der Waals surface area (Å²) in [5, 5.41) is 15.8. The number of fused-ring (bicyclic) bond motifs is 1. The summed E-state index contributed by atoms with van der Waals surface area (Å²) in [6.07, 6.45) is 3.84. The molecule has 0 aliphatic heterocycles. The normalized spacial score (nSPS) is 26.8. The summed E-state index contributed by atoms with van der Waals surface area (Å²) in [6, 6.07) is 15.4. The maximum Gasteiger partial charge on any atom is 0.0541 e. The van der Waals surface area contributed by atoms with Gasteiger partial charge in [0.15, 0.2) is 0 Å². The van der Waals surface area contributed by atoms with Crippen LogP contribution in [0.1, 0.15) is 31.2 Å². The maximum atomic E-state index is 9.81. The molecular formula is C18H23NO. The first-order chi connectivity index (χ1) is 9.73. The van der Waals surface area contributed by atoms with Crippen molar-refractivity contribution < 1.29 is 5.11 Å². The first-order valence-corrected chi connectivity index (χ1v) is 7.55. The Morgan fingerprint density at radius 1 is 1.10 bits per heavy atom. The van der Waals surface area contributed by atoms with Gasteiger partial charge in [-0.15, -0.1) is 0 Å². The minimum absolute atomic E-state index is 0.111. The predicted octanol–water partition coefficient (Wildman–Crippen LogP) is 3.23. The van der Waals surface area contributed by atoms with Crippen molar-refractivity contribution in [3.8, 4) is 0 Å². The molecule has 106 valence electrons. The lowest BCUT2D eigenvalue weighted by Crippen LogP contribution is -2.41. The fraction of sp³-hybridized carbons (Fsp3) is 0.444. The number of hydrogen-bond donors (Lipinski definition) is 2. The van der Waals surface area contributed by atoms with Gasteiger partial charge in [-0.1, -0.05) is 42.5 Å². The molecule has 2 aromatic carbocycles. The van der Waals surface area contributed by atoms with Crippen molar-refractivity contribution in [3.63, 3.8) is 0 Å². The highest BCUT2D eigenvalue weighted by Gasteiger charge is 2.35. The number of likely N-dealkylation sites (N-methyl/N-ethyl adjacent to an activating group) is 1. The van der Waals surface area contributed by atoms with Crippen molar-refractivity contribution in [1.82, 2.24) is 5.32 Å². The van der Waals surface area contributed by atoms with E-state index < -0.39 is 0 Å². The first-order valence-electron chi connectivity index (χ1n) is 7.55. The predicted molar refractivity (Wildman–Crippen MR) is 84.0 cm³/mol. The molecule has 0 heterocycles. The second-order valence-electron chi connectivity index (χ2n) is 6.10. The van der Waals surface area contributed by atoms with Crippen LogP contribution >= 0.6 is 0 Å². The van der Waals surface area contributed by atoms with E-state index in [0.717, 1.165) is 32.2 Å². The lowest BCUT2D eigenvalue weighted by molar-refractivity contribution is 0.0952. The van der Waals surface area contributed by atoms with Crippen molar-refractivity contribution >= 4 is 10.8 Å². The van der Waals surface area contributed by atoms with Crippen LogP contribution in [0.25, 0.3) is 10.8 Å². The molecule has 1 fully saturated rings. The lowest BCUT2D eigenvalue weighted by atomic mass is 9.68. The zero-order valence-electron chi connectivity index (χ0n) is 12.1. The minimum Gasteiger partial charge on any atom is -0.393 e. The van der Waals surface area contributed by atoms with Gasteiger partial charge in [0, 0.05) is 12.0 Å². The van der Waals surface area contributed by atoms with Gasteiger partial charge in [-0.05, 0) is 49.1 Å². The quantitative estimate of drug-likeness (QED) is 0.896. The molecule has 0 saturated heterocycles. The van der Waals surface area contributed by atoms with Gasteiger partial charge in [-0.2, -0.15) is 0 Å². The van der Waals surface area contributed by atoms with Crippen LogP contribution in [-0.4, -0.2) is 24.8 Å². The largest absolute Gasteiger partial charge is 0.393 e. The lowest BCUT2D eigenvalue weighted by Gasteiger charge is -2.39. The maximum absolute atomic E-state index is 9.81. The molecule has 0 unspecified atom stereocenters. The second-order valence-corrected chi connectivity index (χ2v) is 6.10. The van der Waals surface area contributed by atoms with Gasteiger partial charge in [0.25, 0.3) is 0 Å². The molecule has 0 aromatic heterocycles. The van der Waals surface area contributed by atoms with E-state index in [9.17, 15) is 5.11 Å². The zero-order chi connectivity index (χ0) is 14.0. The van der Waals surface area contributed by atoms with E-state index >= 15 is 0 Å². The van der Waals surface area contributed by atoms with Crippen LogP contribution in [0.3, 0.4) is 0 Å². The van der Waals surface area contributed by atoms with Crippen molar-refractivity contribution in [2.24, 2.45) is 0 Å². The summed E-state index contributed by atoms with van der Waals surface area (Å²) in [4.78, 5) is 0. The molecule has 0 atom stereocenters. The summed E-state index contributed by atoms with van der Waals surface area (Å²) >= 11 is 0. The average molecular weight is 269 g/mol. The van der Waals surface area contributed by atoms with Crippen molar-refractivity contribution in [2.75, 3.05) is 13.6 Å². The molecule has 1 aliphatic rings. The molecule has 2 aromatic rings. The van der Waals surface area contributed by atoms with Gasteiger partial charge in [-0.25, -0.2) is 0 Å². The minimum atomic E-state index is -0.111. The molecule has 1 aliphatic carbocycles. The summed E-state index contributed by atoms with van der Waals surface area (Å²) in [6.45, 7) is 0.984. The number of benzene rings is 2. The smallest absolute Gasteiger partial charge is 0.0541 e. The molecule has 2 N–H and O–H groups in total. The van der Waals surface area contributed by atoms with Gasteiger partial charge < -0.3 is 10.4 Å². The first kappa shape index (κ1) is 13.6. The SMILES string of the molecule is CNCC1(c2ccc3ccccc3c2)CCC(O)CC1. The zero-order valence-corrected chi connectivity index (χ0v) is 12.1. The van der Waals surface area contributed by atoms with Crippen LogP contribution in [0, 0.1) is 0 Å². The Balaban J connectivity index is 2.00. The highest BCUT2D eigenvalue weighted by molar-refractivity contribution is 5.83. The van der Waals surface area contributed by atoms with Gasteiger partial charge >= 0.3 is 0 Å².